The van der Waals surface area contributed by atoms with E-state index in [0.717, 1.165) is 20.6 Å². The molecule has 0 bridgehead atoms. The van der Waals surface area contributed by atoms with E-state index in [1.165, 1.54) is 6.92 Å². The highest BCUT2D eigenvalue weighted by molar-refractivity contribution is 7.22. The van der Waals surface area contributed by atoms with Gasteiger partial charge < -0.3 is 9.84 Å². The van der Waals surface area contributed by atoms with Crippen molar-refractivity contribution in [2.45, 2.75) is 39.8 Å². The molecule has 6 nitrogen and oxygen atoms in total. The zero-order valence-corrected chi connectivity index (χ0v) is 19.5. The Morgan fingerprint density at radius 2 is 2.06 bits per heavy atom. The topological polar surface area (TPSA) is 92.3 Å². The van der Waals surface area contributed by atoms with Crippen LogP contribution in [-0.2, 0) is 11.3 Å². The predicted molar refractivity (Wildman–Crippen MR) is 123 cm³/mol. The molecular formula is C22H20Cl2N2O4S. The monoisotopic (exact) mass is 478 g/mol. The summed E-state index contributed by atoms with van der Waals surface area (Å²) >= 11 is 13.8. The van der Waals surface area contributed by atoms with Gasteiger partial charge in [-0.3, -0.25) is 14.2 Å². The van der Waals surface area contributed by atoms with Crippen LogP contribution in [0.3, 0.4) is 0 Å². The number of halogens is 2. The Hall–Kier alpha value is -2.37. The van der Waals surface area contributed by atoms with Gasteiger partial charge in [-0.05, 0) is 44.9 Å². The fraction of sp³-hybridized carbons (Fsp3) is 0.318. The molecule has 9 heteroatoms. The number of thiophene rings is 1. The number of nitriles is 1. The number of nitrogens with zero attached hydrogens (tertiary/aromatic N) is 2. The van der Waals surface area contributed by atoms with Crippen molar-refractivity contribution in [2.24, 2.45) is 0 Å². The molecule has 3 rings (SSSR count). The molecule has 0 saturated heterocycles. The number of hydrogen-bond donors (Lipinski definition) is 1. The van der Waals surface area contributed by atoms with Gasteiger partial charge in [0.25, 0.3) is 5.56 Å². The van der Waals surface area contributed by atoms with Crippen molar-refractivity contribution < 1.29 is 14.6 Å². The van der Waals surface area contributed by atoms with Gasteiger partial charge in [-0.1, -0.05) is 29.3 Å². The summed E-state index contributed by atoms with van der Waals surface area (Å²) in [5.74, 6) is -1.06. The fourth-order valence-electron chi connectivity index (χ4n) is 3.30. The number of benzene rings is 1. The zero-order valence-electron chi connectivity index (χ0n) is 17.2. The number of hydrogen-bond acceptors (Lipinski definition) is 6. The lowest BCUT2D eigenvalue weighted by Gasteiger charge is -2.15. The Balaban J connectivity index is 2.12. The molecule has 0 unspecified atom stereocenters. The Kier molecular flexibility index (Phi) is 7.07. The van der Waals surface area contributed by atoms with Crippen molar-refractivity contribution in [2.75, 3.05) is 6.61 Å². The molecule has 0 radical (unpaired) electrons. The molecular weight excluding hydrogens is 459 g/mol. The van der Waals surface area contributed by atoms with Gasteiger partial charge in [0.15, 0.2) is 0 Å². The van der Waals surface area contributed by atoms with Crippen molar-refractivity contribution >= 4 is 50.4 Å². The Morgan fingerprint density at radius 3 is 2.68 bits per heavy atom. The van der Waals surface area contributed by atoms with Crippen molar-refractivity contribution in [1.82, 2.24) is 4.57 Å². The Bertz CT molecular complexity index is 1270. The standard InChI is InChI=1S/C22H20Cl2N2O4S/c1-11(2)30-9-5-8-26-21(28)13(10-25)12(3)16(22(26)29)19(27)20-18(24)17-14(23)6-4-7-15(17)31-20/h4,6-7,11,29H,5,8-9H2,1-3H3. The third-order valence-electron chi connectivity index (χ3n) is 4.82. The van der Waals surface area contributed by atoms with Crippen molar-refractivity contribution in [1.29, 1.82) is 5.26 Å². The molecule has 1 aromatic carbocycles. The van der Waals surface area contributed by atoms with Gasteiger partial charge in [-0.2, -0.15) is 5.26 Å². The number of pyridine rings is 1. The quantitative estimate of drug-likeness (QED) is 0.367. The molecule has 0 aliphatic carbocycles. The minimum absolute atomic E-state index is 0.0251. The van der Waals surface area contributed by atoms with E-state index in [0.29, 0.717) is 23.4 Å². The summed E-state index contributed by atoms with van der Waals surface area (Å²) in [4.78, 5) is 26.3. The SMILES string of the molecule is Cc1c(C(=O)c2sc3cccc(Cl)c3c2Cl)c(O)n(CCCOC(C)C)c(=O)c1C#N. The number of rotatable bonds is 7. The van der Waals surface area contributed by atoms with Crippen LogP contribution in [0.5, 0.6) is 5.88 Å². The number of fused-ring (bicyclic) bond motifs is 1. The molecule has 0 saturated carbocycles. The van der Waals surface area contributed by atoms with Crippen molar-refractivity contribution in [3.8, 4) is 11.9 Å². The smallest absolute Gasteiger partial charge is 0.271 e. The van der Waals surface area contributed by atoms with Crippen LogP contribution in [0.1, 0.15) is 46.6 Å². The second kappa shape index (κ2) is 9.41. The summed E-state index contributed by atoms with van der Waals surface area (Å²) in [6.45, 7) is 5.71. The van der Waals surface area contributed by atoms with Gasteiger partial charge in [-0.25, -0.2) is 0 Å². The highest BCUT2D eigenvalue weighted by Gasteiger charge is 2.28. The molecule has 0 aliphatic heterocycles. The third-order valence-corrected chi connectivity index (χ3v) is 6.78. The molecule has 0 amide bonds. The first-order valence-electron chi connectivity index (χ1n) is 9.58. The maximum absolute atomic E-state index is 13.4. The van der Waals surface area contributed by atoms with E-state index < -0.39 is 17.2 Å². The summed E-state index contributed by atoms with van der Waals surface area (Å²) in [6.07, 6.45) is 0.448. The first kappa shape index (κ1) is 23.3. The molecule has 0 fully saturated rings. The first-order chi connectivity index (χ1) is 14.7. The predicted octanol–water partition coefficient (Wildman–Crippen LogP) is 5.30. The van der Waals surface area contributed by atoms with E-state index in [9.17, 15) is 20.0 Å². The van der Waals surface area contributed by atoms with Crippen LogP contribution in [0.15, 0.2) is 23.0 Å². The summed E-state index contributed by atoms with van der Waals surface area (Å²) in [7, 11) is 0. The fourth-order valence-corrected chi connectivity index (χ4v) is 5.20. The molecule has 0 atom stereocenters. The van der Waals surface area contributed by atoms with E-state index in [1.54, 1.807) is 18.2 Å². The van der Waals surface area contributed by atoms with Gasteiger partial charge in [0.1, 0.15) is 11.6 Å². The van der Waals surface area contributed by atoms with E-state index in [2.05, 4.69) is 0 Å². The van der Waals surface area contributed by atoms with Crippen LogP contribution in [-0.4, -0.2) is 28.2 Å². The van der Waals surface area contributed by atoms with E-state index in [-0.39, 0.29) is 39.2 Å². The summed E-state index contributed by atoms with van der Waals surface area (Å²) in [6, 6.07) is 7.07. The molecule has 3 aromatic rings. The normalized spacial score (nSPS) is 11.3. The number of carbonyl (C=O) groups is 1. The maximum Gasteiger partial charge on any atom is 0.271 e. The van der Waals surface area contributed by atoms with Gasteiger partial charge in [-0.15, -0.1) is 11.3 Å². The zero-order chi connectivity index (χ0) is 22.9. The van der Waals surface area contributed by atoms with E-state index in [1.807, 2.05) is 19.9 Å². The first-order valence-corrected chi connectivity index (χ1v) is 11.2. The molecule has 2 heterocycles. The average molecular weight is 479 g/mol. The largest absolute Gasteiger partial charge is 0.494 e. The summed E-state index contributed by atoms with van der Waals surface area (Å²) in [5.41, 5.74) is -0.847. The average Bonchev–Trinajstić information content (AvgIpc) is 3.05. The number of aromatic hydroxyl groups is 1. The number of ketones is 1. The number of ether oxygens (including phenoxy) is 1. The van der Waals surface area contributed by atoms with E-state index >= 15 is 0 Å². The van der Waals surface area contributed by atoms with Crippen molar-refractivity contribution in [3.05, 3.63) is 60.2 Å². The van der Waals surface area contributed by atoms with Gasteiger partial charge >= 0.3 is 0 Å². The minimum atomic E-state index is -0.649. The molecule has 31 heavy (non-hydrogen) atoms. The summed E-state index contributed by atoms with van der Waals surface area (Å²) in [5, 5.41) is 21.5. The van der Waals surface area contributed by atoms with E-state index in [4.69, 9.17) is 27.9 Å². The number of carbonyl (C=O) groups excluding carboxylic acids is 1. The third kappa shape index (κ3) is 4.35. The highest BCUT2D eigenvalue weighted by Crippen LogP contribution is 2.41. The maximum atomic E-state index is 13.4. The number of aromatic nitrogens is 1. The lowest BCUT2D eigenvalue weighted by atomic mass is 10.0. The lowest BCUT2D eigenvalue weighted by molar-refractivity contribution is 0.0743. The Labute approximate surface area is 193 Å². The molecule has 0 spiro atoms. The van der Waals surface area contributed by atoms with Crippen LogP contribution in [0.4, 0.5) is 0 Å². The summed E-state index contributed by atoms with van der Waals surface area (Å²) < 4.78 is 7.23. The van der Waals surface area contributed by atoms with Crippen LogP contribution in [0, 0.1) is 18.3 Å². The highest BCUT2D eigenvalue weighted by atomic mass is 35.5. The molecule has 0 aliphatic rings. The second-order valence-corrected chi connectivity index (χ2v) is 9.06. The van der Waals surface area contributed by atoms with Gasteiger partial charge in [0, 0.05) is 23.2 Å². The van der Waals surface area contributed by atoms with Crippen molar-refractivity contribution in [3.63, 3.8) is 0 Å². The lowest BCUT2D eigenvalue weighted by Crippen LogP contribution is -2.27. The molecule has 162 valence electrons. The minimum Gasteiger partial charge on any atom is -0.494 e. The van der Waals surface area contributed by atoms with Crippen LogP contribution >= 0.6 is 34.5 Å². The van der Waals surface area contributed by atoms with Crippen LogP contribution < -0.4 is 5.56 Å². The second-order valence-electron chi connectivity index (χ2n) is 7.23. The van der Waals surface area contributed by atoms with Crippen LogP contribution in [0.25, 0.3) is 10.1 Å². The molecule has 1 N–H and O–H groups in total. The Morgan fingerprint density at radius 1 is 1.35 bits per heavy atom. The van der Waals surface area contributed by atoms with Gasteiger partial charge in [0.2, 0.25) is 11.7 Å². The van der Waals surface area contributed by atoms with Gasteiger partial charge in [0.05, 0.1) is 26.6 Å². The van der Waals surface area contributed by atoms with Crippen LogP contribution in [0.2, 0.25) is 10.0 Å². The molecule has 2 aromatic heterocycles.